The van der Waals surface area contributed by atoms with Crippen molar-refractivity contribution in [2.45, 2.75) is 0 Å². The standard InChI is InChI=1S/C12H9ClN2O3/c13-8-3-4-11(16)10(6-8)12(17)15-14-7-9-2-1-5-18-9/h1-7,16H,(H,15,17)/b14-7+. The van der Waals surface area contributed by atoms with E-state index in [1.54, 1.807) is 12.1 Å². The van der Waals surface area contributed by atoms with E-state index in [-0.39, 0.29) is 11.3 Å². The molecule has 2 N–H and O–H groups in total. The zero-order valence-electron chi connectivity index (χ0n) is 9.13. The van der Waals surface area contributed by atoms with Crippen molar-refractivity contribution in [1.82, 2.24) is 5.43 Å². The highest BCUT2D eigenvalue weighted by molar-refractivity contribution is 6.31. The van der Waals surface area contributed by atoms with Crippen molar-refractivity contribution in [3.05, 3.63) is 52.9 Å². The number of rotatable bonds is 3. The van der Waals surface area contributed by atoms with Gasteiger partial charge in [-0.15, -0.1) is 0 Å². The number of aromatic hydroxyl groups is 1. The number of carbonyl (C=O) groups is 1. The summed E-state index contributed by atoms with van der Waals surface area (Å²) in [6.07, 6.45) is 2.84. The van der Waals surface area contributed by atoms with Crippen LogP contribution in [0.15, 0.2) is 46.1 Å². The van der Waals surface area contributed by atoms with Crippen molar-refractivity contribution in [3.63, 3.8) is 0 Å². The van der Waals surface area contributed by atoms with Crippen molar-refractivity contribution in [2.24, 2.45) is 5.10 Å². The van der Waals surface area contributed by atoms with Crippen LogP contribution in [0.3, 0.4) is 0 Å². The lowest BCUT2D eigenvalue weighted by Gasteiger charge is -2.02. The van der Waals surface area contributed by atoms with Gasteiger partial charge in [-0.2, -0.15) is 5.10 Å². The summed E-state index contributed by atoms with van der Waals surface area (Å²) in [7, 11) is 0. The lowest BCUT2D eigenvalue weighted by molar-refractivity contribution is 0.0952. The van der Waals surface area contributed by atoms with Gasteiger partial charge >= 0.3 is 0 Å². The van der Waals surface area contributed by atoms with Gasteiger partial charge in [-0.25, -0.2) is 5.43 Å². The Labute approximate surface area is 108 Å². The second kappa shape index (κ2) is 5.37. The molecular formula is C12H9ClN2O3. The minimum Gasteiger partial charge on any atom is -0.507 e. The lowest BCUT2D eigenvalue weighted by Crippen LogP contribution is -2.17. The topological polar surface area (TPSA) is 74.8 Å². The molecule has 5 nitrogen and oxygen atoms in total. The molecule has 0 fully saturated rings. The molecule has 0 saturated heterocycles. The number of hydrogen-bond donors (Lipinski definition) is 2. The number of phenols is 1. The number of nitrogens with one attached hydrogen (secondary N) is 1. The van der Waals surface area contributed by atoms with Gasteiger partial charge in [-0.1, -0.05) is 11.6 Å². The molecule has 0 bridgehead atoms. The molecule has 2 rings (SSSR count). The third kappa shape index (κ3) is 2.89. The lowest BCUT2D eigenvalue weighted by atomic mass is 10.2. The van der Waals surface area contributed by atoms with Gasteiger partial charge in [-0.05, 0) is 30.3 Å². The average molecular weight is 265 g/mol. The van der Waals surface area contributed by atoms with Crippen LogP contribution in [0.4, 0.5) is 0 Å². The summed E-state index contributed by atoms with van der Waals surface area (Å²) in [5.41, 5.74) is 2.31. The fourth-order valence-corrected chi connectivity index (χ4v) is 1.44. The number of amides is 1. The maximum atomic E-state index is 11.7. The summed E-state index contributed by atoms with van der Waals surface area (Å²) in [4.78, 5) is 11.7. The first-order valence-electron chi connectivity index (χ1n) is 5.02. The summed E-state index contributed by atoms with van der Waals surface area (Å²) in [5.74, 6) is -0.214. The van der Waals surface area contributed by atoms with E-state index in [1.807, 2.05) is 0 Å². The number of hydrogen-bond acceptors (Lipinski definition) is 4. The van der Waals surface area contributed by atoms with Gasteiger partial charge in [0, 0.05) is 5.02 Å². The summed E-state index contributed by atoms with van der Waals surface area (Å²) in [5, 5.41) is 13.5. The van der Waals surface area contributed by atoms with Crippen LogP contribution in [0, 0.1) is 0 Å². The molecular weight excluding hydrogens is 256 g/mol. The Morgan fingerprint density at radius 2 is 2.28 bits per heavy atom. The van der Waals surface area contributed by atoms with Crippen LogP contribution in [0.25, 0.3) is 0 Å². The Bertz CT molecular complexity index is 579. The molecule has 1 aromatic heterocycles. The first-order chi connectivity index (χ1) is 8.66. The van der Waals surface area contributed by atoms with Crippen molar-refractivity contribution in [2.75, 3.05) is 0 Å². The van der Waals surface area contributed by atoms with E-state index in [4.69, 9.17) is 16.0 Å². The molecule has 0 aliphatic rings. The first kappa shape index (κ1) is 12.2. The molecule has 0 atom stereocenters. The summed E-state index contributed by atoms with van der Waals surface area (Å²) in [6.45, 7) is 0. The van der Waals surface area contributed by atoms with E-state index < -0.39 is 5.91 Å². The third-order valence-corrected chi connectivity index (χ3v) is 2.34. The Morgan fingerprint density at radius 1 is 1.44 bits per heavy atom. The van der Waals surface area contributed by atoms with Gasteiger partial charge in [0.15, 0.2) is 0 Å². The second-order valence-electron chi connectivity index (χ2n) is 3.38. The van der Waals surface area contributed by atoms with E-state index in [2.05, 4.69) is 10.5 Å². The molecule has 0 spiro atoms. The smallest absolute Gasteiger partial charge is 0.275 e. The molecule has 6 heteroatoms. The molecule has 18 heavy (non-hydrogen) atoms. The molecule has 0 aliphatic heterocycles. The highest BCUT2D eigenvalue weighted by Crippen LogP contribution is 2.21. The number of benzene rings is 1. The predicted octanol–water partition coefficient (Wildman–Crippen LogP) is 2.40. The number of carbonyl (C=O) groups excluding carboxylic acids is 1. The van der Waals surface area contributed by atoms with Gasteiger partial charge in [0.1, 0.15) is 11.5 Å². The van der Waals surface area contributed by atoms with Crippen molar-refractivity contribution < 1.29 is 14.3 Å². The maximum Gasteiger partial charge on any atom is 0.275 e. The minimum absolute atomic E-state index is 0.0547. The molecule has 0 saturated carbocycles. The molecule has 92 valence electrons. The molecule has 0 unspecified atom stereocenters. The summed E-state index contributed by atoms with van der Waals surface area (Å²) >= 11 is 5.73. The fourth-order valence-electron chi connectivity index (χ4n) is 1.27. The van der Waals surface area contributed by atoms with E-state index >= 15 is 0 Å². The quantitative estimate of drug-likeness (QED) is 0.660. The third-order valence-electron chi connectivity index (χ3n) is 2.10. The second-order valence-corrected chi connectivity index (χ2v) is 3.81. The van der Waals surface area contributed by atoms with Gasteiger partial charge in [0.2, 0.25) is 0 Å². The SMILES string of the molecule is O=C(N/N=C/c1ccco1)c1cc(Cl)ccc1O. The van der Waals surface area contributed by atoms with E-state index in [1.165, 1.54) is 30.7 Å². The Hall–Kier alpha value is -2.27. The highest BCUT2D eigenvalue weighted by atomic mass is 35.5. The van der Waals surface area contributed by atoms with Crippen LogP contribution in [-0.4, -0.2) is 17.2 Å². The Kier molecular flexibility index (Phi) is 3.64. The number of phenolic OH excluding ortho intramolecular Hbond substituents is 1. The number of hydrazone groups is 1. The summed E-state index contributed by atoms with van der Waals surface area (Å²) < 4.78 is 4.99. The van der Waals surface area contributed by atoms with Crippen molar-refractivity contribution in [1.29, 1.82) is 0 Å². The number of furan rings is 1. The van der Waals surface area contributed by atoms with Gasteiger partial charge in [-0.3, -0.25) is 4.79 Å². The van der Waals surface area contributed by atoms with Crippen LogP contribution in [0.1, 0.15) is 16.1 Å². The summed E-state index contributed by atoms with van der Waals surface area (Å²) in [6, 6.07) is 7.57. The first-order valence-corrected chi connectivity index (χ1v) is 5.40. The highest BCUT2D eigenvalue weighted by Gasteiger charge is 2.10. The molecule has 0 aliphatic carbocycles. The minimum atomic E-state index is -0.558. The maximum absolute atomic E-state index is 11.7. The molecule has 1 amide bonds. The monoisotopic (exact) mass is 264 g/mol. The molecule has 1 heterocycles. The Morgan fingerprint density at radius 3 is 3.00 bits per heavy atom. The van der Waals surface area contributed by atoms with Gasteiger partial charge in [0.25, 0.3) is 5.91 Å². The average Bonchev–Trinajstić information content (AvgIpc) is 2.85. The van der Waals surface area contributed by atoms with Crippen LogP contribution in [0.2, 0.25) is 5.02 Å². The van der Waals surface area contributed by atoms with E-state index in [0.717, 1.165) is 0 Å². The zero-order valence-corrected chi connectivity index (χ0v) is 9.89. The zero-order chi connectivity index (χ0) is 13.0. The van der Waals surface area contributed by atoms with E-state index in [0.29, 0.717) is 10.8 Å². The van der Waals surface area contributed by atoms with Crippen molar-refractivity contribution in [3.8, 4) is 5.75 Å². The van der Waals surface area contributed by atoms with Crippen LogP contribution < -0.4 is 5.43 Å². The largest absolute Gasteiger partial charge is 0.507 e. The van der Waals surface area contributed by atoms with Crippen LogP contribution in [0.5, 0.6) is 5.75 Å². The van der Waals surface area contributed by atoms with Crippen molar-refractivity contribution >= 4 is 23.7 Å². The molecule has 0 radical (unpaired) electrons. The fraction of sp³-hybridized carbons (Fsp3) is 0. The van der Waals surface area contributed by atoms with Crippen LogP contribution in [-0.2, 0) is 0 Å². The predicted molar refractivity (Wildman–Crippen MR) is 66.9 cm³/mol. The van der Waals surface area contributed by atoms with Gasteiger partial charge in [0.05, 0.1) is 18.0 Å². The number of nitrogens with zero attached hydrogens (tertiary/aromatic N) is 1. The normalized spacial score (nSPS) is 10.7. The van der Waals surface area contributed by atoms with E-state index in [9.17, 15) is 9.90 Å². The molecule has 2 aromatic rings. The molecule has 1 aromatic carbocycles. The number of halogens is 1. The van der Waals surface area contributed by atoms with Crippen LogP contribution >= 0.6 is 11.6 Å². The van der Waals surface area contributed by atoms with Gasteiger partial charge < -0.3 is 9.52 Å². The Balaban J connectivity index is 2.06.